The summed E-state index contributed by atoms with van der Waals surface area (Å²) in [5.74, 6) is -0.0156. The Hall–Kier alpha value is -0.740. The number of nitrogens with zero attached hydrogens (tertiary/aromatic N) is 1. The van der Waals surface area contributed by atoms with Gasteiger partial charge >= 0.3 is 0 Å². The van der Waals surface area contributed by atoms with Crippen LogP contribution in [0, 0.1) is 17.2 Å². The van der Waals surface area contributed by atoms with Crippen molar-refractivity contribution in [3.8, 4) is 6.07 Å². The van der Waals surface area contributed by atoms with Crippen LogP contribution in [0.3, 0.4) is 0 Å². The summed E-state index contributed by atoms with van der Waals surface area (Å²) in [6, 6.07) is 2.19. The van der Waals surface area contributed by atoms with Gasteiger partial charge in [0.15, 0.2) is 0 Å². The quantitative estimate of drug-likeness (QED) is 0.641. The van der Waals surface area contributed by atoms with Gasteiger partial charge < -0.3 is 0 Å². The van der Waals surface area contributed by atoms with Gasteiger partial charge in [-0.1, -0.05) is 37.1 Å². The van der Waals surface area contributed by atoms with Crippen LogP contribution in [0.15, 0.2) is 22.8 Å². The summed E-state index contributed by atoms with van der Waals surface area (Å²) in [7, 11) is 0. The van der Waals surface area contributed by atoms with Crippen molar-refractivity contribution < 1.29 is 0 Å². The Morgan fingerprint density at radius 1 is 1.75 bits per heavy atom. The van der Waals surface area contributed by atoms with E-state index >= 15 is 0 Å². The maximum Gasteiger partial charge on any atom is 0.0701 e. The zero-order valence-corrected chi connectivity index (χ0v) is 7.93. The molecule has 0 aromatic rings. The third-order valence-corrected chi connectivity index (χ3v) is 2.36. The van der Waals surface area contributed by atoms with Crippen molar-refractivity contribution in [2.45, 2.75) is 26.2 Å². The summed E-state index contributed by atoms with van der Waals surface area (Å²) in [5, 5.41) is 9.51. The lowest BCUT2D eigenvalue weighted by Gasteiger charge is -2.12. The predicted octanol–water partition coefficient (Wildman–Crippen LogP) is 3.38. The minimum absolute atomic E-state index is 0.0156. The minimum Gasteiger partial charge on any atom is -0.198 e. The van der Waals surface area contributed by atoms with E-state index in [-0.39, 0.29) is 5.92 Å². The van der Waals surface area contributed by atoms with E-state index in [9.17, 15) is 0 Å². The monoisotopic (exact) mass is 181 g/mol. The smallest absolute Gasteiger partial charge is 0.0701 e. The topological polar surface area (TPSA) is 23.8 Å². The zero-order chi connectivity index (χ0) is 8.97. The Balaban J connectivity index is 2.68. The molecule has 2 heteroatoms. The summed E-state index contributed by atoms with van der Waals surface area (Å²) in [4.78, 5) is 0. The van der Waals surface area contributed by atoms with Crippen LogP contribution in [0.1, 0.15) is 26.2 Å². The molecule has 0 spiro atoms. The first kappa shape index (κ1) is 9.35. The lowest BCUT2D eigenvalue weighted by Crippen LogP contribution is -2.00. The van der Waals surface area contributed by atoms with Crippen LogP contribution in [-0.4, -0.2) is 0 Å². The lowest BCUT2D eigenvalue weighted by molar-refractivity contribution is 0.795. The van der Waals surface area contributed by atoms with Gasteiger partial charge in [0.25, 0.3) is 0 Å². The maximum atomic E-state index is 8.64. The van der Waals surface area contributed by atoms with Gasteiger partial charge in [-0.3, -0.25) is 0 Å². The molecule has 0 radical (unpaired) electrons. The van der Waals surface area contributed by atoms with Gasteiger partial charge in [-0.05, 0) is 12.0 Å². The van der Waals surface area contributed by atoms with Gasteiger partial charge in [0.05, 0.1) is 12.0 Å². The molecule has 0 aromatic heterocycles. The van der Waals surface area contributed by atoms with E-state index in [1.807, 2.05) is 12.2 Å². The van der Waals surface area contributed by atoms with Crippen LogP contribution in [-0.2, 0) is 0 Å². The van der Waals surface area contributed by atoms with Crippen molar-refractivity contribution in [3.05, 3.63) is 22.8 Å². The first-order valence-corrected chi connectivity index (χ1v) is 4.61. The van der Waals surface area contributed by atoms with Gasteiger partial charge in [0, 0.05) is 11.5 Å². The fourth-order valence-electron chi connectivity index (χ4n) is 1.29. The van der Waals surface area contributed by atoms with E-state index < -0.39 is 0 Å². The molecule has 1 nitrogen and oxygen atoms in total. The lowest BCUT2D eigenvalue weighted by atomic mass is 9.95. The highest BCUT2D eigenvalue weighted by atomic mass is 35.5. The first-order chi connectivity index (χ1) is 5.77. The summed E-state index contributed by atoms with van der Waals surface area (Å²) >= 11 is 6.01. The van der Waals surface area contributed by atoms with Gasteiger partial charge in [-0.15, -0.1) is 0 Å². The molecule has 1 atom stereocenters. The van der Waals surface area contributed by atoms with E-state index in [2.05, 4.69) is 13.0 Å². The molecule has 12 heavy (non-hydrogen) atoms. The van der Waals surface area contributed by atoms with Crippen LogP contribution in [0.5, 0.6) is 0 Å². The number of nitriles is 1. The standard InChI is InChI=1S/C10H12ClN/c1-2-3-9-5-4-8(7-12)6-10(9)11/h4-5,8H,2-3,6H2,1H3. The van der Waals surface area contributed by atoms with E-state index in [1.165, 1.54) is 5.57 Å². The minimum atomic E-state index is -0.0156. The third kappa shape index (κ3) is 2.12. The Bertz CT molecular complexity index is 258. The largest absolute Gasteiger partial charge is 0.198 e. The maximum absolute atomic E-state index is 8.64. The van der Waals surface area contributed by atoms with Gasteiger partial charge in [0.2, 0.25) is 0 Å². The number of hydrogen-bond acceptors (Lipinski definition) is 1. The van der Waals surface area contributed by atoms with Gasteiger partial charge in [-0.2, -0.15) is 5.26 Å². The molecule has 0 aromatic carbocycles. The van der Waals surface area contributed by atoms with E-state index in [4.69, 9.17) is 16.9 Å². The molecule has 0 heterocycles. The van der Waals surface area contributed by atoms with Gasteiger partial charge in [0.1, 0.15) is 0 Å². The Morgan fingerprint density at radius 3 is 3.00 bits per heavy atom. The fraction of sp³-hybridized carbons (Fsp3) is 0.500. The van der Waals surface area contributed by atoms with Crippen molar-refractivity contribution in [3.63, 3.8) is 0 Å². The highest BCUT2D eigenvalue weighted by Crippen LogP contribution is 2.28. The predicted molar refractivity (Wildman–Crippen MR) is 50.6 cm³/mol. The average Bonchev–Trinajstić information content (AvgIpc) is 2.09. The molecular formula is C10H12ClN. The summed E-state index contributed by atoms with van der Waals surface area (Å²) < 4.78 is 0. The van der Waals surface area contributed by atoms with Crippen molar-refractivity contribution in [1.29, 1.82) is 5.26 Å². The zero-order valence-electron chi connectivity index (χ0n) is 7.18. The number of hydrogen-bond donors (Lipinski definition) is 0. The van der Waals surface area contributed by atoms with E-state index in [1.54, 1.807) is 0 Å². The highest BCUT2D eigenvalue weighted by Gasteiger charge is 2.13. The summed E-state index contributed by atoms with van der Waals surface area (Å²) in [6.45, 7) is 2.13. The number of allylic oxidation sites excluding steroid dienone is 4. The van der Waals surface area contributed by atoms with Crippen molar-refractivity contribution in [2.24, 2.45) is 5.92 Å². The number of halogens is 1. The summed E-state index contributed by atoms with van der Waals surface area (Å²) in [6.07, 6.45) is 6.75. The molecule has 0 aliphatic heterocycles. The average molecular weight is 182 g/mol. The fourth-order valence-corrected chi connectivity index (χ4v) is 1.62. The second-order valence-corrected chi connectivity index (χ2v) is 3.44. The van der Waals surface area contributed by atoms with Crippen molar-refractivity contribution in [2.75, 3.05) is 0 Å². The molecule has 64 valence electrons. The normalized spacial score (nSPS) is 22.6. The molecular weight excluding hydrogens is 170 g/mol. The molecule has 1 aliphatic rings. The second-order valence-electron chi connectivity index (χ2n) is 2.98. The molecule has 1 aliphatic carbocycles. The third-order valence-electron chi connectivity index (χ3n) is 1.96. The van der Waals surface area contributed by atoms with Crippen LogP contribution in [0.25, 0.3) is 0 Å². The van der Waals surface area contributed by atoms with Crippen LogP contribution < -0.4 is 0 Å². The van der Waals surface area contributed by atoms with Crippen molar-refractivity contribution in [1.82, 2.24) is 0 Å². The van der Waals surface area contributed by atoms with E-state index in [0.717, 1.165) is 17.9 Å². The molecule has 0 amide bonds. The Kier molecular flexibility index (Phi) is 3.37. The van der Waals surface area contributed by atoms with Crippen LogP contribution in [0.2, 0.25) is 0 Å². The molecule has 0 fully saturated rings. The number of rotatable bonds is 2. The van der Waals surface area contributed by atoms with Crippen molar-refractivity contribution >= 4 is 11.6 Å². The molecule has 0 bridgehead atoms. The van der Waals surface area contributed by atoms with Gasteiger partial charge in [-0.25, -0.2) is 0 Å². The highest BCUT2D eigenvalue weighted by molar-refractivity contribution is 6.30. The molecule has 0 saturated carbocycles. The molecule has 0 saturated heterocycles. The molecule has 0 N–H and O–H groups in total. The summed E-state index contributed by atoms with van der Waals surface area (Å²) in [5.41, 5.74) is 1.20. The second kappa shape index (κ2) is 4.33. The SMILES string of the molecule is CCCC1=C(Cl)CC(C#N)C=C1. The van der Waals surface area contributed by atoms with Crippen LogP contribution >= 0.6 is 11.6 Å². The first-order valence-electron chi connectivity index (χ1n) is 4.23. The molecule has 1 unspecified atom stereocenters. The van der Waals surface area contributed by atoms with Crippen LogP contribution in [0.4, 0.5) is 0 Å². The Morgan fingerprint density at radius 2 is 2.50 bits per heavy atom. The van der Waals surface area contributed by atoms with E-state index in [0.29, 0.717) is 6.42 Å². The molecule has 1 rings (SSSR count). The Labute approximate surface area is 78.3 Å².